The van der Waals surface area contributed by atoms with E-state index in [2.05, 4.69) is 20.3 Å². The van der Waals surface area contributed by atoms with Gasteiger partial charge in [0.05, 0.1) is 5.69 Å². The minimum absolute atomic E-state index is 0.225. The van der Waals surface area contributed by atoms with Gasteiger partial charge in [0.1, 0.15) is 11.6 Å². The van der Waals surface area contributed by atoms with E-state index in [1.807, 2.05) is 4.90 Å². The fraction of sp³-hybridized carbons (Fsp3) is 0.333. The van der Waals surface area contributed by atoms with Crippen LogP contribution in [0.4, 0.5) is 26.1 Å². The van der Waals surface area contributed by atoms with Crippen LogP contribution in [0.25, 0.3) is 0 Å². The number of carbonyl (C=O) groups excluding carboxylic acids is 1. The lowest BCUT2D eigenvalue weighted by atomic mass is 10.2. The molecule has 0 aliphatic carbocycles. The Labute approximate surface area is 131 Å². The Morgan fingerprint density at radius 1 is 1.39 bits per heavy atom. The average molecular weight is 319 g/mol. The highest BCUT2D eigenvalue weighted by atomic mass is 19.3. The van der Waals surface area contributed by atoms with E-state index >= 15 is 0 Å². The molecule has 8 heteroatoms. The molecule has 0 radical (unpaired) electrons. The van der Waals surface area contributed by atoms with E-state index in [4.69, 9.17) is 0 Å². The Balaban J connectivity index is 1.97. The summed E-state index contributed by atoms with van der Waals surface area (Å²) in [7, 11) is 0. The fourth-order valence-corrected chi connectivity index (χ4v) is 2.47. The minimum atomic E-state index is -3.10. The van der Waals surface area contributed by atoms with Gasteiger partial charge in [-0.05, 0) is 18.1 Å². The summed E-state index contributed by atoms with van der Waals surface area (Å²) in [4.78, 5) is 24.7. The Kier molecular flexibility index (Phi) is 3.67. The molecule has 0 fully saturated rings. The summed E-state index contributed by atoms with van der Waals surface area (Å²) in [6.45, 7) is 2.77. The molecule has 1 aliphatic rings. The van der Waals surface area contributed by atoms with Crippen molar-refractivity contribution >= 4 is 23.2 Å². The van der Waals surface area contributed by atoms with E-state index in [0.717, 1.165) is 24.6 Å². The zero-order valence-corrected chi connectivity index (χ0v) is 12.7. The van der Waals surface area contributed by atoms with Gasteiger partial charge >= 0.3 is 5.92 Å². The van der Waals surface area contributed by atoms with Crippen molar-refractivity contribution in [1.82, 2.24) is 15.0 Å². The number of nitrogens with one attached hydrogen (secondary N) is 1. The first-order valence-corrected chi connectivity index (χ1v) is 7.10. The Bertz CT molecular complexity index is 760. The molecule has 120 valence electrons. The average Bonchev–Trinajstić information content (AvgIpc) is 2.89. The van der Waals surface area contributed by atoms with E-state index in [1.54, 1.807) is 18.3 Å². The first-order chi connectivity index (χ1) is 10.8. The number of carbonyl (C=O) groups is 1. The van der Waals surface area contributed by atoms with Crippen LogP contribution in [0.2, 0.25) is 0 Å². The number of hydrogen-bond acceptors (Lipinski definition) is 5. The quantitative estimate of drug-likeness (QED) is 0.941. The zero-order chi connectivity index (χ0) is 16.6. The summed E-state index contributed by atoms with van der Waals surface area (Å²) in [5, 5.41) is 2.61. The number of nitrogens with zero attached hydrogens (tertiary/aromatic N) is 4. The van der Waals surface area contributed by atoms with Gasteiger partial charge in [-0.3, -0.25) is 4.79 Å². The Morgan fingerprint density at radius 3 is 2.87 bits per heavy atom. The van der Waals surface area contributed by atoms with E-state index < -0.39 is 11.7 Å². The predicted octanol–water partition coefficient (Wildman–Crippen LogP) is 2.64. The molecule has 3 heterocycles. The van der Waals surface area contributed by atoms with Crippen molar-refractivity contribution in [3.05, 3.63) is 35.9 Å². The van der Waals surface area contributed by atoms with Gasteiger partial charge < -0.3 is 10.2 Å². The SMILES string of the molecule is CC(=O)Nc1cc2c(cn1)CCN2c1ccnc(C(C)(F)F)n1. The highest BCUT2D eigenvalue weighted by Crippen LogP contribution is 2.35. The lowest BCUT2D eigenvalue weighted by Crippen LogP contribution is -2.19. The van der Waals surface area contributed by atoms with Crippen LogP contribution in [0.3, 0.4) is 0 Å². The highest BCUT2D eigenvalue weighted by molar-refractivity contribution is 5.88. The molecule has 6 nitrogen and oxygen atoms in total. The molecule has 0 saturated heterocycles. The van der Waals surface area contributed by atoms with Crippen LogP contribution in [0, 0.1) is 0 Å². The van der Waals surface area contributed by atoms with Crippen molar-refractivity contribution in [2.24, 2.45) is 0 Å². The lowest BCUT2D eigenvalue weighted by molar-refractivity contribution is -0.114. The monoisotopic (exact) mass is 319 g/mol. The van der Waals surface area contributed by atoms with Crippen LogP contribution < -0.4 is 10.2 Å². The third-order valence-corrected chi connectivity index (χ3v) is 3.47. The molecule has 2 aromatic rings. The van der Waals surface area contributed by atoms with Gasteiger partial charge in [0.2, 0.25) is 11.7 Å². The number of rotatable bonds is 3. The standard InChI is InChI=1S/C15H15F2N5O/c1-9(23)20-12-7-11-10(8-19-12)4-6-22(11)13-3-5-18-14(21-13)15(2,16)17/h3,5,7-8H,4,6H2,1-2H3,(H,19,20,23). The Hall–Kier alpha value is -2.64. The third-order valence-electron chi connectivity index (χ3n) is 3.47. The van der Waals surface area contributed by atoms with E-state index in [-0.39, 0.29) is 5.91 Å². The number of aromatic nitrogens is 3. The Morgan fingerprint density at radius 2 is 2.17 bits per heavy atom. The number of hydrogen-bond donors (Lipinski definition) is 1. The van der Waals surface area contributed by atoms with Crippen LogP contribution in [0.1, 0.15) is 25.2 Å². The van der Waals surface area contributed by atoms with Crippen LogP contribution in [0.15, 0.2) is 24.5 Å². The maximum Gasteiger partial charge on any atom is 0.303 e. The summed E-state index contributed by atoms with van der Waals surface area (Å²) in [6.07, 6.45) is 3.73. The molecular formula is C15H15F2N5O. The van der Waals surface area contributed by atoms with Gasteiger partial charge in [-0.1, -0.05) is 0 Å². The van der Waals surface area contributed by atoms with Gasteiger partial charge in [0.15, 0.2) is 0 Å². The second-order valence-electron chi connectivity index (χ2n) is 5.41. The fourth-order valence-electron chi connectivity index (χ4n) is 2.47. The summed E-state index contributed by atoms with van der Waals surface area (Å²) < 4.78 is 26.8. The van der Waals surface area contributed by atoms with Crippen LogP contribution in [-0.4, -0.2) is 27.4 Å². The number of amides is 1. The maximum atomic E-state index is 13.4. The van der Waals surface area contributed by atoms with Gasteiger partial charge in [-0.2, -0.15) is 8.78 Å². The second kappa shape index (κ2) is 5.53. The molecule has 0 unspecified atom stereocenters. The summed E-state index contributed by atoms with van der Waals surface area (Å²) >= 11 is 0. The number of pyridine rings is 1. The molecule has 2 aromatic heterocycles. The van der Waals surface area contributed by atoms with Crippen molar-refractivity contribution in [2.45, 2.75) is 26.2 Å². The first-order valence-electron chi connectivity index (χ1n) is 7.10. The molecule has 0 bridgehead atoms. The zero-order valence-electron chi connectivity index (χ0n) is 12.7. The molecule has 23 heavy (non-hydrogen) atoms. The molecule has 0 spiro atoms. The number of anilines is 3. The van der Waals surface area contributed by atoms with E-state index in [1.165, 1.54) is 13.1 Å². The van der Waals surface area contributed by atoms with Crippen molar-refractivity contribution in [1.29, 1.82) is 0 Å². The van der Waals surface area contributed by atoms with Crippen LogP contribution in [-0.2, 0) is 17.1 Å². The molecule has 0 saturated carbocycles. The number of fused-ring (bicyclic) bond motifs is 1. The van der Waals surface area contributed by atoms with Crippen LogP contribution >= 0.6 is 0 Å². The largest absolute Gasteiger partial charge is 0.325 e. The van der Waals surface area contributed by atoms with Gasteiger partial charge in [-0.25, -0.2) is 15.0 Å². The van der Waals surface area contributed by atoms with Crippen molar-refractivity contribution in [2.75, 3.05) is 16.8 Å². The smallest absolute Gasteiger partial charge is 0.303 e. The molecule has 1 N–H and O–H groups in total. The molecular weight excluding hydrogens is 304 g/mol. The topological polar surface area (TPSA) is 71.0 Å². The van der Waals surface area contributed by atoms with E-state index in [0.29, 0.717) is 18.2 Å². The lowest BCUT2D eigenvalue weighted by Gasteiger charge is -2.20. The molecule has 3 rings (SSSR count). The third kappa shape index (κ3) is 3.10. The maximum absolute atomic E-state index is 13.4. The molecule has 0 atom stereocenters. The van der Waals surface area contributed by atoms with Gasteiger partial charge in [-0.15, -0.1) is 0 Å². The highest BCUT2D eigenvalue weighted by Gasteiger charge is 2.30. The number of alkyl halides is 2. The molecule has 1 amide bonds. The summed E-state index contributed by atoms with van der Waals surface area (Å²) in [6, 6.07) is 3.30. The predicted molar refractivity (Wildman–Crippen MR) is 80.9 cm³/mol. The number of halogens is 2. The minimum Gasteiger partial charge on any atom is -0.325 e. The van der Waals surface area contributed by atoms with Crippen molar-refractivity contribution in [3.63, 3.8) is 0 Å². The second-order valence-corrected chi connectivity index (χ2v) is 5.41. The van der Waals surface area contributed by atoms with Gasteiger partial charge in [0.25, 0.3) is 0 Å². The summed E-state index contributed by atoms with van der Waals surface area (Å²) in [5.41, 5.74) is 1.77. The first kappa shape index (κ1) is 15.3. The summed E-state index contributed by atoms with van der Waals surface area (Å²) in [5.74, 6) is -3.02. The van der Waals surface area contributed by atoms with E-state index in [9.17, 15) is 13.6 Å². The van der Waals surface area contributed by atoms with Crippen molar-refractivity contribution in [3.8, 4) is 0 Å². The van der Waals surface area contributed by atoms with Gasteiger partial charge in [0, 0.05) is 38.9 Å². The molecule has 1 aliphatic heterocycles. The normalized spacial score (nSPS) is 13.8. The molecule has 0 aromatic carbocycles. The van der Waals surface area contributed by atoms with Crippen LogP contribution in [0.5, 0.6) is 0 Å². The van der Waals surface area contributed by atoms with Crippen molar-refractivity contribution < 1.29 is 13.6 Å².